The van der Waals surface area contributed by atoms with E-state index in [1.54, 1.807) is 6.92 Å². The van der Waals surface area contributed by atoms with Crippen LogP contribution in [0.5, 0.6) is 5.75 Å². The Morgan fingerprint density at radius 1 is 0.804 bits per heavy atom. The molecule has 0 saturated carbocycles. The van der Waals surface area contributed by atoms with E-state index in [1.807, 2.05) is 35.4 Å². The summed E-state index contributed by atoms with van der Waals surface area (Å²) in [6.07, 6.45) is 20.8. The quantitative estimate of drug-likeness (QED) is 0.0834. The third-order valence-electron chi connectivity index (χ3n) is 8.99. The number of rotatable bonds is 19. The molecule has 1 amide bonds. The summed E-state index contributed by atoms with van der Waals surface area (Å²) >= 11 is 0. The Balaban J connectivity index is 1.33. The molecule has 2 heterocycles. The zero-order valence-electron chi connectivity index (χ0n) is 29.2. The number of hydrogen-bond donors (Lipinski definition) is 1. The highest BCUT2D eigenvalue weighted by molar-refractivity contribution is 5.91. The number of amides is 1. The summed E-state index contributed by atoms with van der Waals surface area (Å²) in [7, 11) is 0. The number of fused-ring (bicyclic) bond motifs is 1. The van der Waals surface area contributed by atoms with Crippen LogP contribution in [0.4, 0.5) is 5.69 Å². The van der Waals surface area contributed by atoms with E-state index < -0.39 is 0 Å². The first-order valence-corrected chi connectivity index (χ1v) is 17.9. The Labute approximate surface area is 278 Å². The summed E-state index contributed by atoms with van der Waals surface area (Å²) in [4.78, 5) is 18.2. The second kappa shape index (κ2) is 17.9. The third kappa shape index (κ3) is 10.7. The maximum Gasteiger partial charge on any atom is 0.263 e. The molecule has 2 aromatic carbocycles. The second-order valence-corrected chi connectivity index (χ2v) is 14.0. The Kier molecular flexibility index (Phi) is 13.7. The van der Waals surface area contributed by atoms with Gasteiger partial charge in [-0.1, -0.05) is 129 Å². The molecule has 0 atom stereocenters. The minimum atomic E-state index is -0.0288. The fraction of sp³-hybridized carbons (Fsp3) is 0.512. The molecule has 2 aromatic heterocycles. The number of unbranched alkanes of at least 4 members (excludes halogenated alkanes) is 11. The average molecular weight is 625 g/mol. The molecule has 5 nitrogen and oxygen atoms in total. The van der Waals surface area contributed by atoms with Crippen molar-refractivity contribution in [3.8, 4) is 5.75 Å². The molecule has 0 bridgehead atoms. The van der Waals surface area contributed by atoms with Gasteiger partial charge >= 0.3 is 0 Å². The van der Waals surface area contributed by atoms with Crippen LogP contribution in [0, 0.1) is 0 Å². The molecule has 0 aliphatic heterocycles. The lowest BCUT2D eigenvalue weighted by Crippen LogP contribution is -2.28. The average Bonchev–Trinajstić information content (AvgIpc) is 3.44. The van der Waals surface area contributed by atoms with Gasteiger partial charge in [0.25, 0.3) is 5.82 Å². The first-order chi connectivity index (χ1) is 22.3. The molecule has 0 unspecified atom stereocenters. The molecule has 0 aliphatic rings. The van der Waals surface area contributed by atoms with Crippen molar-refractivity contribution in [3.63, 3.8) is 0 Å². The summed E-state index contributed by atoms with van der Waals surface area (Å²) in [5.41, 5.74) is 5.45. The number of carbonyl (C=O) groups is 1. The molecular weight excluding hydrogens is 566 g/mol. The molecule has 1 N–H and O–H groups in total. The van der Waals surface area contributed by atoms with Crippen molar-refractivity contribution in [1.82, 2.24) is 4.98 Å². The standard InChI is InChI=1S/C41H57N3O2/c1-6-7-8-9-10-11-12-13-14-15-16-19-27-46-39-29-35(24-25-38(39)41(3,4)5)32-44(33(2)45)36-23-20-21-34(28-36)30-40-42-31-37-22-17-18-26-43(37)40/h17-18,20-26,28-29,31H,6-16,19,27,30,32H2,1-5H3/p+1. The fourth-order valence-corrected chi connectivity index (χ4v) is 6.31. The molecular formula is C41H58N3O2+. The Morgan fingerprint density at radius 2 is 1.50 bits per heavy atom. The highest BCUT2D eigenvalue weighted by Gasteiger charge is 2.21. The summed E-state index contributed by atoms with van der Waals surface area (Å²) in [5.74, 6) is 2.08. The minimum absolute atomic E-state index is 0.0238. The number of aromatic nitrogens is 2. The van der Waals surface area contributed by atoms with Crippen LogP contribution in [0.15, 0.2) is 73.1 Å². The molecule has 248 valence electrons. The zero-order chi connectivity index (χ0) is 32.8. The van der Waals surface area contributed by atoms with Crippen molar-refractivity contribution in [2.75, 3.05) is 11.5 Å². The molecule has 5 heteroatoms. The molecule has 4 rings (SSSR count). The topological polar surface area (TPSA) is 49.4 Å². The van der Waals surface area contributed by atoms with Crippen LogP contribution in [0.3, 0.4) is 0 Å². The van der Waals surface area contributed by atoms with Gasteiger partial charge in [0.2, 0.25) is 5.91 Å². The van der Waals surface area contributed by atoms with Crippen molar-refractivity contribution >= 4 is 17.1 Å². The largest absolute Gasteiger partial charge is 0.493 e. The first-order valence-electron chi connectivity index (χ1n) is 17.9. The highest BCUT2D eigenvalue weighted by Crippen LogP contribution is 2.33. The van der Waals surface area contributed by atoms with Crippen LogP contribution in [-0.2, 0) is 23.2 Å². The number of anilines is 1. The maximum atomic E-state index is 13.0. The Morgan fingerprint density at radius 3 is 2.17 bits per heavy atom. The van der Waals surface area contributed by atoms with Crippen molar-refractivity contribution in [2.24, 2.45) is 0 Å². The zero-order valence-corrected chi connectivity index (χ0v) is 29.2. The fourth-order valence-electron chi connectivity index (χ4n) is 6.31. The van der Waals surface area contributed by atoms with Crippen molar-refractivity contribution < 1.29 is 13.9 Å². The maximum absolute atomic E-state index is 13.0. The van der Waals surface area contributed by atoms with Gasteiger partial charge in [-0.05, 0) is 58.9 Å². The lowest BCUT2D eigenvalue weighted by atomic mass is 9.85. The monoisotopic (exact) mass is 624 g/mol. The van der Waals surface area contributed by atoms with E-state index in [-0.39, 0.29) is 11.3 Å². The molecule has 0 fully saturated rings. The number of nitrogens with zero attached hydrogens (tertiary/aromatic N) is 2. The number of nitrogens with one attached hydrogen (secondary N) is 1. The molecule has 0 aliphatic carbocycles. The van der Waals surface area contributed by atoms with Gasteiger partial charge in [0.15, 0.2) is 5.52 Å². The molecule has 0 radical (unpaired) electrons. The Bertz CT molecular complexity index is 1500. The van der Waals surface area contributed by atoms with Gasteiger partial charge in [-0.2, -0.15) is 4.40 Å². The molecule has 0 spiro atoms. The smallest absolute Gasteiger partial charge is 0.263 e. The molecule has 4 aromatic rings. The van der Waals surface area contributed by atoms with Gasteiger partial charge in [-0.25, -0.2) is 4.98 Å². The SMILES string of the molecule is CCCCCCCCCCCCCCOc1cc(CN(C(C)=O)c2cccc(Cc3[nH]cc4cccc[n+]34)c2)ccc1C(C)(C)C. The number of imidazole rings is 1. The van der Waals surface area contributed by atoms with Crippen molar-refractivity contribution in [1.29, 1.82) is 0 Å². The van der Waals surface area contributed by atoms with E-state index in [1.165, 1.54) is 76.2 Å². The highest BCUT2D eigenvalue weighted by atomic mass is 16.5. The van der Waals surface area contributed by atoms with Gasteiger partial charge in [-0.15, -0.1) is 0 Å². The number of aromatic amines is 1. The van der Waals surface area contributed by atoms with Gasteiger partial charge in [0, 0.05) is 12.6 Å². The van der Waals surface area contributed by atoms with E-state index in [4.69, 9.17) is 4.74 Å². The third-order valence-corrected chi connectivity index (χ3v) is 8.99. The summed E-state index contributed by atoms with van der Waals surface area (Å²) in [5, 5.41) is 0. The van der Waals surface area contributed by atoms with E-state index in [0.717, 1.165) is 53.4 Å². The number of ether oxygens (including phenoxy) is 1. The summed E-state index contributed by atoms with van der Waals surface area (Å²) in [6.45, 7) is 11.9. The number of benzene rings is 2. The van der Waals surface area contributed by atoms with Crippen LogP contribution in [0.1, 0.15) is 134 Å². The predicted molar refractivity (Wildman–Crippen MR) is 192 cm³/mol. The van der Waals surface area contributed by atoms with Crippen molar-refractivity contribution in [3.05, 3.63) is 95.6 Å². The van der Waals surface area contributed by atoms with E-state index in [2.05, 4.69) is 79.7 Å². The number of H-pyrrole nitrogens is 1. The van der Waals surface area contributed by atoms with Gasteiger partial charge in [0.1, 0.15) is 11.9 Å². The molecule has 46 heavy (non-hydrogen) atoms. The van der Waals surface area contributed by atoms with Gasteiger partial charge in [-0.3, -0.25) is 4.79 Å². The number of hydrogen-bond acceptors (Lipinski definition) is 2. The van der Waals surface area contributed by atoms with Crippen LogP contribution >= 0.6 is 0 Å². The Hall–Kier alpha value is -3.60. The lowest BCUT2D eigenvalue weighted by Gasteiger charge is -2.26. The predicted octanol–water partition coefficient (Wildman–Crippen LogP) is 10.3. The van der Waals surface area contributed by atoms with Crippen LogP contribution in [-0.4, -0.2) is 17.5 Å². The number of carbonyl (C=O) groups excluding carboxylic acids is 1. The lowest BCUT2D eigenvalue weighted by molar-refractivity contribution is -0.520. The van der Waals surface area contributed by atoms with Crippen molar-refractivity contribution in [2.45, 2.75) is 130 Å². The normalized spacial score (nSPS) is 11.7. The van der Waals surface area contributed by atoms with E-state index >= 15 is 0 Å². The van der Waals surface area contributed by atoms with Gasteiger partial charge < -0.3 is 9.64 Å². The van der Waals surface area contributed by atoms with Gasteiger partial charge in [0.05, 0.1) is 25.8 Å². The van der Waals surface area contributed by atoms with E-state index in [0.29, 0.717) is 6.54 Å². The molecule has 0 saturated heterocycles. The van der Waals surface area contributed by atoms with Crippen LogP contribution < -0.4 is 14.0 Å². The van der Waals surface area contributed by atoms with Crippen LogP contribution in [0.25, 0.3) is 5.52 Å². The summed E-state index contributed by atoms with van der Waals surface area (Å²) in [6, 6.07) is 21.0. The van der Waals surface area contributed by atoms with E-state index in [9.17, 15) is 4.79 Å². The first kappa shape index (κ1) is 35.3. The summed E-state index contributed by atoms with van der Waals surface area (Å²) < 4.78 is 8.62. The number of pyridine rings is 1. The minimum Gasteiger partial charge on any atom is -0.493 e. The van der Waals surface area contributed by atoms with Crippen LogP contribution in [0.2, 0.25) is 0 Å². The second-order valence-electron chi connectivity index (χ2n) is 14.0.